The minimum absolute atomic E-state index is 0.236. The van der Waals surface area contributed by atoms with E-state index in [0.29, 0.717) is 26.3 Å². The van der Waals surface area contributed by atoms with Crippen LogP contribution in [0.2, 0.25) is 0 Å². The zero-order valence-corrected chi connectivity index (χ0v) is 9.38. The zero-order valence-electron chi connectivity index (χ0n) is 8.56. The van der Waals surface area contributed by atoms with Crippen molar-refractivity contribution in [1.82, 2.24) is 4.90 Å². The van der Waals surface area contributed by atoms with Crippen LogP contribution in [-0.4, -0.2) is 55.5 Å². The normalized spacial score (nSPS) is 21.1. The van der Waals surface area contributed by atoms with E-state index in [1.54, 1.807) is 0 Å². The Kier molecular flexibility index (Phi) is 3.52. The molecule has 5 nitrogen and oxygen atoms in total. The number of hydrogen-bond acceptors (Lipinski definition) is 4. The SMILES string of the molecule is CC(C)(CS(=O)(=O)O)N1CCOCC1. The molecular formula is C8H17NO4S. The van der Waals surface area contributed by atoms with Crippen LogP contribution in [0.4, 0.5) is 0 Å². The third-order valence-corrected chi connectivity index (χ3v) is 3.47. The first-order valence-electron chi connectivity index (χ1n) is 4.59. The van der Waals surface area contributed by atoms with Crippen LogP contribution in [0.15, 0.2) is 0 Å². The summed E-state index contributed by atoms with van der Waals surface area (Å²) < 4.78 is 35.5. The molecule has 1 heterocycles. The maximum absolute atomic E-state index is 10.8. The fourth-order valence-electron chi connectivity index (χ4n) is 1.71. The molecule has 1 aliphatic heterocycles. The van der Waals surface area contributed by atoms with E-state index in [4.69, 9.17) is 9.29 Å². The molecule has 0 saturated carbocycles. The van der Waals surface area contributed by atoms with Gasteiger partial charge in [-0.3, -0.25) is 9.45 Å². The molecule has 0 spiro atoms. The van der Waals surface area contributed by atoms with Crippen molar-refractivity contribution in [2.75, 3.05) is 32.1 Å². The molecule has 0 aromatic rings. The molecule has 1 fully saturated rings. The lowest BCUT2D eigenvalue weighted by Crippen LogP contribution is -2.53. The van der Waals surface area contributed by atoms with E-state index in [1.165, 1.54) is 0 Å². The molecule has 0 aliphatic carbocycles. The molecule has 0 bridgehead atoms. The van der Waals surface area contributed by atoms with Crippen LogP contribution in [-0.2, 0) is 14.9 Å². The van der Waals surface area contributed by atoms with Gasteiger partial charge in [0, 0.05) is 18.6 Å². The summed E-state index contributed by atoms with van der Waals surface area (Å²) in [5.41, 5.74) is -0.530. The molecule has 0 atom stereocenters. The van der Waals surface area contributed by atoms with Crippen LogP contribution < -0.4 is 0 Å². The highest BCUT2D eigenvalue weighted by Crippen LogP contribution is 2.17. The predicted molar refractivity (Wildman–Crippen MR) is 52.9 cm³/mol. The highest BCUT2D eigenvalue weighted by atomic mass is 32.2. The first kappa shape index (κ1) is 11.9. The Morgan fingerprint density at radius 2 is 1.86 bits per heavy atom. The molecule has 6 heteroatoms. The van der Waals surface area contributed by atoms with E-state index in [1.807, 2.05) is 18.7 Å². The number of ether oxygens (including phenoxy) is 1. The van der Waals surface area contributed by atoms with Gasteiger partial charge in [0.2, 0.25) is 0 Å². The van der Waals surface area contributed by atoms with Crippen LogP contribution in [0.25, 0.3) is 0 Å². The molecule has 14 heavy (non-hydrogen) atoms. The summed E-state index contributed by atoms with van der Waals surface area (Å²) >= 11 is 0. The van der Waals surface area contributed by atoms with Gasteiger partial charge in [0.05, 0.1) is 19.0 Å². The van der Waals surface area contributed by atoms with E-state index >= 15 is 0 Å². The second-order valence-electron chi connectivity index (χ2n) is 4.14. The molecule has 0 unspecified atom stereocenters. The van der Waals surface area contributed by atoms with E-state index in [9.17, 15) is 8.42 Å². The van der Waals surface area contributed by atoms with Crippen molar-refractivity contribution in [1.29, 1.82) is 0 Å². The lowest BCUT2D eigenvalue weighted by atomic mass is 10.1. The predicted octanol–water partition coefficient (Wildman–Crippen LogP) is -0.0150. The van der Waals surface area contributed by atoms with Gasteiger partial charge in [-0.15, -0.1) is 0 Å². The first-order valence-corrected chi connectivity index (χ1v) is 6.20. The summed E-state index contributed by atoms with van der Waals surface area (Å²) in [6, 6.07) is 0. The minimum Gasteiger partial charge on any atom is -0.379 e. The maximum Gasteiger partial charge on any atom is 0.266 e. The molecule has 1 saturated heterocycles. The smallest absolute Gasteiger partial charge is 0.266 e. The molecule has 1 N–H and O–H groups in total. The van der Waals surface area contributed by atoms with Crippen molar-refractivity contribution >= 4 is 10.1 Å². The van der Waals surface area contributed by atoms with Crippen LogP contribution >= 0.6 is 0 Å². The maximum atomic E-state index is 10.8. The second kappa shape index (κ2) is 4.14. The summed E-state index contributed by atoms with van der Waals surface area (Å²) in [5.74, 6) is -0.236. The monoisotopic (exact) mass is 223 g/mol. The van der Waals surface area contributed by atoms with Gasteiger partial charge < -0.3 is 4.74 Å². The van der Waals surface area contributed by atoms with Crippen molar-refractivity contribution in [3.8, 4) is 0 Å². The Labute approximate surface area is 84.8 Å². The topological polar surface area (TPSA) is 66.8 Å². The van der Waals surface area contributed by atoms with Crippen molar-refractivity contribution in [3.63, 3.8) is 0 Å². The Balaban J connectivity index is 2.63. The van der Waals surface area contributed by atoms with Gasteiger partial charge in [0.15, 0.2) is 0 Å². The third-order valence-electron chi connectivity index (χ3n) is 2.40. The fourth-order valence-corrected chi connectivity index (χ4v) is 2.78. The van der Waals surface area contributed by atoms with Gasteiger partial charge in [-0.25, -0.2) is 0 Å². The van der Waals surface area contributed by atoms with Gasteiger partial charge in [-0.2, -0.15) is 8.42 Å². The number of hydrogen-bond donors (Lipinski definition) is 1. The van der Waals surface area contributed by atoms with Crippen molar-refractivity contribution in [2.24, 2.45) is 0 Å². The molecular weight excluding hydrogens is 206 g/mol. The van der Waals surface area contributed by atoms with Gasteiger partial charge in [-0.1, -0.05) is 0 Å². The zero-order chi connectivity index (χ0) is 10.8. The average Bonchev–Trinajstić information content (AvgIpc) is 2.01. The summed E-state index contributed by atoms with van der Waals surface area (Å²) in [6.45, 7) is 6.28. The highest BCUT2D eigenvalue weighted by Gasteiger charge is 2.32. The van der Waals surface area contributed by atoms with E-state index in [0.717, 1.165) is 0 Å². The highest BCUT2D eigenvalue weighted by molar-refractivity contribution is 7.85. The second-order valence-corrected chi connectivity index (χ2v) is 5.59. The van der Waals surface area contributed by atoms with Crippen molar-refractivity contribution < 1.29 is 17.7 Å². The van der Waals surface area contributed by atoms with Crippen LogP contribution in [0.5, 0.6) is 0 Å². The molecule has 1 aliphatic rings. The molecule has 84 valence electrons. The summed E-state index contributed by atoms with van der Waals surface area (Å²) in [5, 5.41) is 0. The average molecular weight is 223 g/mol. The Hall–Kier alpha value is -0.170. The third kappa shape index (κ3) is 3.53. The molecule has 0 aromatic heterocycles. The van der Waals surface area contributed by atoms with Gasteiger partial charge in [0.1, 0.15) is 0 Å². The van der Waals surface area contributed by atoms with Crippen molar-refractivity contribution in [2.45, 2.75) is 19.4 Å². The Morgan fingerprint density at radius 3 is 2.29 bits per heavy atom. The van der Waals surface area contributed by atoms with Gasteiger partial charge in [0.25, 0.3) is 10.1 Å². The van der Waals surface area contributed by atoms with Crippen molar-refractivity contribution in [3.05, 3.63) is 0 Å². The van der Waals surface area contributed by atoms with Crippen LogP contribution in [0, 0.1) is 0 Å². The minimum atomic E-state index is -3.91. The number of nitrogens with zero attached hydrogens (tertiary/aromatic N) is 1. The van der Waals surface area contributed by atoms with E-state index in [-0.39, 0.29) is 5.75 Å². The molecule has 0 aromatic carbocycles. The Morgan fingerprint density at radius 1 is 1.36 bits per heavy atom. The fraction of sp³-hybridized carbons (Fsp3) is 1.00. The van der Waals surface area contributed by atoms with Crippen LogP contribution in [0.3, 0.4) is 0 Å². The summed E-state index contributed by atoms with van der Waals surface area (Å²) in [6.07, 6.45) is 0. The van der Waals surface area contributed by atoms with E-state index < -0.39 is 15.7 Å². The molecule has 0 radical (unpaired) electrons. The van der Waals surface area contributed by atoms with Crippen LogP contribution in [0.1, 0.15) is 13.8 Å². The number of morpholine rings is 1. The molecule has 0 amide bonds. The standard InChI is InChI=1S/C8H17NO4S/c1-8(2,7-14(10,11)12)9-3-5-13-6-4-9/h3-7H2,1-2H3,(H,10,11,12). The van der Waals surface area contributed by atoms with Gasteiger partial charge in [-0.05, 0) is 13.8 Å². The quantitative estimate of drug-likeness (QED) is 0.681. The van der Waals surface area contributed by atoms with E-state index in [2.05, 4.69) is 0 Å². The lowest BCUT2D eigenvalue weighted by molar-refractivity contribution is -0.00324. The largest absolute Gasteiger partial charge is 0.379 e. The summed E-state index contributed by atoms with van der Waals surface area (Å²) in [4.78, 5) is 2.02. The first-order chi connectivity index (χ1) is 6.31. The summed E-state index contributed by atoms with van der Waals surface area (Å²) in [7, 11) is -3.91. The molecule has 1 rings (SSSR count). The van der Waals surface area contributed by atoms with Gasteiger partial charge >= 0.3 is 0 Å². The Bertz CT molecular complexity index is 280. The number of rotatable bonds is 3. The lowest BCUT2D eigenvalue weighted by Gasteiger charge is -2.39.